The minimum absolute atomic E-state index is 0.0630. The number of carbonyl (C=O) groups is 3. The molecule has 0 fully saturated rings. The molecule has 426 valence electrons. The summed E-state index contributed by atoms with van der Waals surface area (Å²) in [5.41, 5.74) is 0. The molecule has 6 nitrogen and oxygen atoms in total. The number of esters is 3. The summed E-state index contributed by atoms with van der Waals surface area (Å²) in [5.74, 6) is -0.842. The first-order valence-electron chi connectivity index (χ1n) is 32.7. The van der Waals surface area contributed by atoms with Crippen LogP contribution in [0.1, 0.15) is 374 Å². The Bertz CT molecular complexity index is 1120. The van der Waals surface area contributed by atoms with E-state index >= 15 is 0 Å². The summed E-state index contributed by atoms with van der Waals surface area (Å²) in [6, 6.07) is 0. The van der Waals surface area contributed by atoms with Gasteiger partial charge in [-0.1, -0.05) is 322 Å². The summed E-state index contributed by atoms with van der Waals surface area (Å²) in [4.78, 5) is 38.0. The van der Waals surface area contributed by atoms with Crippen molar-refractivity contribution in [3.63, 3.8) is 0 Å². The number of rotatable bonds is 61. The van der Waals surface area contributed by atoms with Gasteiger partial charge in [-0.2, -0.15) is 0 Å². The molecular weight excluding hydrogens is 889 g/mol. The van der Waals surface area contributed by atoms with Gasteiger partial charge in [0.15, 0.2) is 6.10 Å². The topological polar surface area (TPSA) is 78.9 Å². The normalized spacial score (nSPS) is 12.0. The summed E-state index contributed by atoms with van der Waals surface area (Å²) < 4.78 is 16.8. The van der Waals surface area contributed by atoms with E-state index in [0.717, 1.165) is 57.8 Å². The number of allylic oxidation sites excluding steroid dienone is 2. The quantitative estimate of drug-likeness (QED) is 0.0261. The van der Waals surface area contributed by atoms with Gasteiger partial charge in [0.2, 0.25) is 0 Å². The summed E-state index contributed by atoms with van der Waals surface area (Å²) in [5, 5.41) is 0. The second kappa shape index (κ2) is 61.7. The lowest BCUT2D eigenvalue weighted by Gasteiger charge is -2.18. The third-order valence-electron chi connectivity index (χ3n) is 15.0. The number of carbonyl (C=O) groups excluding carboxylic acids is 3. The fraction of sp³-hybridized carbons (Fsp3) is 0.924. The minimum Gasteiger partial charge on any atom is -0.462 e. The maximum atomic E-state index is 12.8. The van der Waals surface area contributed by atoms with Crippen LogP contribution in [0.15, 0.2) is 12.2 Å². The maximum absolute atomic E-state index is 12.8. The first-order chi connectivity index (χ1) is 35.5. The Kier molecular flexibility index (Phi) is 60.1. The summed E-state index contributed by atoms with van der Waals surface area (Å²) in [6.45, 7) is 6.67. The Morgan fingerprint density at radius 3 is 0.694 bits per heavy atom. The molecule has 6 heteroatoms. The third-order valence-corrected chi connectivity index (χ3v) is 15.0. The molecule has 72 heavy (non-hydrogen) atoms. The smallest absolute Gasteiger partial charge is 0.306 e. The van der Waals surface area contributed by atoms with Crippen LogP contribution in [-0.4, -0.2) is 37.2 Å². The Morgan fingerprint density at radius 2 is 0.458 bits per heavy atom. The van der Waals surface area contributed by atoms with Crippen molar-refractivity contribution in [2.45, 2.75) is 380 Å². The Labute approximate surface area is 450 Å². The third kappa shape index (κ3) is 59.0. The van der Waals surface area contributed by atoms with E-state index < -0.39 is 6.10 Å². The molecule has 0 radical (unpaired) electrons. The predicted octanol–water partition coefficient (Wildman–Crippen LogP) is 22.1. The fourth-order valence-electron chi connectivity index (χ4n) is 10.1. The lowest BCUT2D eigenvalue weighted by Crippen LogP contribution is -2.30. The van der Waals surface area contributed by atoms with Crippen LogP contribution in [0.5, 0.6) is 0 Å². The molecule has 1 unspecified atom stereocenters. The first kappa shape index (κ1) is 70.1. The largest absolute Gasteiger partial charge is 0.462 e. The van der Waals surface area contributed by atoms with Gasteiger partial charge in [0, 0.05) is 19.3 Å². The van der Waals surface area contributed by atoms with Gasteiger partial charge in [-0.15, -0.1) is 0 Å². The van der Waals surface area contributed by atoms with Crippen LogP contribution in [0.3, 0.4) is 0 Å². The highest BCUT2D eigenvalue weighted by Gasteiger charge is 2.19. The van der Waals surface area contributed by atoms with E-state index in [2.05, 4.69) is 32.9 Å². The molecule has 0 rings (SSSR count). The molecule has 0 heterocycles. The average Bonchev–Trinajstić information content (AvgIpc) is 3.38. The molecule has 0 N–H and O–H groups in total. The molecule has 0 bridgehead atoms. The van der Waals surface area contributed by atoms with E-state index in [1.54, 1.807) is 0 Å². The minimum atomic E-state index is -0.761. The van der Waals surface area contributed by atoms with Crippen molar-refractivity contribution < 1.29 is 28.6 Å². The highest BCUT2D eigenvalue weighted by Crippen LogP contribution is 2.18. The molecule has 0 aromatic rings. The van der Waals surface area contributed by atoms with Crippen LogP contribution in [0.2, 0.25) is 0 Å². The molecule has 1 atom stereocenters. The molecule has 0 amide bonds. The van der Waals surface area contributed by atoms with E-state index in [9.17, 15) is 14.4 Å². The zero-order chi connectivity index (χ0) is 52.2. The van der Waals surface area contributed by atoms with Crippen LogP contribution in [0, 0.1) is 0 Å². The van der Waals surface area contributed by atoms with Crippen molar-refractivity contribution >= 4 is 17.9 Å². The molecule has 0 saturated carbocycles. The Morgan fingerprint density at radius 1 is 0.264 bits per heavy atom. The molecule has 0 saturated heterocycles. The summed E-state index contributed by atoms with van der Waals surface area (Å²) in [6.07, 6.45) is 72.7. The monoisotopic (exact) mass is 1010 g/mol. The predicted molar refractivity (Wildman–Crippen MR) is 312 cm³/mol. The molecule has 0 aromatic heterocycles. The van der Waals surface area contributed by atoms with Crippen molar-refractivity contribution in [2.24, 2.45) is 0 Å². The van der Waals surface area contributed by atoms with Crippen molar-refractivity contribution in [3.05, 3.63) is 12.2 Å². The van der Waals surface area contributed by atoms with Gasteiger partial charge in [-0.05, 0) is 44.9 Å². The Balaban J connectivity index is 3.92. The van der Waals surface area contributed by atoms with Gasteiger partial charge in [0.1, 0.15) is 13.2 Å². The van der Waals surface area contributed by atoms with Crippen LogP contribution in [-0.2, 0) is 28.6 Å². The SMILES string of the molecule is CCCCCCCCCC/C=C\CCCCCCCCCCCCCCCCCCCCCCCC(=O)OCC(COC(=O)CCCCCCCCCC)OC(=O)CCCCCCCCCCCCCCC. The molecular formula is C66H126O6. The number of ether oxygens (including phenoxy) is 3. The second-order valence-corrected chi connectivity index (χ2v) is 22.4. The lowest BCUT2D eigenvalue weighted by molar-refractivity contribution is -0.167. The van der Waals surface area contributed by atoms with E-state index in [1.165, 1.54) is 276 Å². The zero-order valence-electron chi connectivity index (χ0n) is 49.0. The molecule has 0 aliphatic carbocycles. The van der Waals surface area contributed by atoms with Gasteiger partial charge in [0.25, 0.3) is 0 Å². The van der Waals surface area contributed by atoms with Crippen molar-refractivity contribution in [1.82, 2.24) is 0 Å². The highest BCUT2D eigenvalue weighted by molar-refractivity contribution is 5.71. The standard InChI is InChI=1S/C66H126O6/c1-4-7-10-13-16-19-21-23-24-25-26-27-28-29-30-31-32-33-34-35-36-37-38-39-40-41-42-44-45-47-50-53-56-59-65(68)71-62-63(61-70-64(67)58-55-52-49-18-15-12-9-6-3)72-66(69)60-57-54-51-48-46-43-22-20-17-14-11-8-5-2/h25-26,63H,4-24,27-62H2,1-3H3/b26-25-. The van der Waals surface area contributed by atoms with Crippen molar-refractivity contribution in [3.8, 4) is 0 Å². The molecule has 0 aliphatic heterocycles. The van der Waals surface area contributed by atoms with Crippen LogP contribution in [0.4, 0.5) is 0 Å². The lowest BCUT2D eigenvalue weighted by atomic mass is 10.0. The van der Waals surface area contributed by atoms with Crippen molar-refractivity contribution in [1.29, 1.82) is 0 Å². The van der Waals surface area contributed by atoms with Gasteiger partial charge in [-0.3, -0.25) is 14.4 Å². The second-order valence-electron chi connectivity index (χ2n) is 22.4. The summed E-state index contributed by atoms with van der Waals surface area (Å²) >= 11 is 0. The van der Waals surface area contributed by atoms with Gasteiger partial charge in [-0.25, -0.2) is 0 Å². The van der Waals surface area contributed by atoms with E-state index in [4.69, 9.17) is 14.2 Å². The van der Waals surface area contributed by atoms with E-state index in [0.29, 0.717) is 19.3 Å². The molecule has 0 aliphatic rings. The summed E-state index contributed by atoms with van der Waals surface area (Å²) in [7, 11) is 0. The number of hydrogen-bond donors (Lipinski definition) is 0. The van der Waals surface area contributed by atoms with E-state index in [-0.39, 0.29) is 31.1 Å². The van der Waals surface area contributed by atoms with Gasteiger partial charge < -0.3 is 14.2 Å². The fourth-order valence-corrected chi connectivity index (χ4v) is 10.1. The van der Waals surface area contributed by atoms with Gasteiger partial charge >= 0.3 is 17.9 Å². The molecule has 0 spiro atoms. The zero-order valence-corrected chi connectivity index (χ0v) is 49.0. The average molecular weight is 1020 g/mol. The first-order valence-corrected chi connectivity index (χ1v) is 32.7. The molecule has 0 aromatic carbocycles. The van der Waals surface area contributed by atoms with Crippen LogP contribution < -0.4 is 0 Å². The van der Waals surface area contributed by atoms with Crippen molar-refractivity contribution in [2.75, 3.05) is 13.2 Å². The van der Waals surface area contributed by atoms with Crippen LogP contribution >= 0.6 is 0 Å². The Hall–Kier alpha value is -1.85. The van der Waals surface area contributed by atoms with E-state index in [1.807, 2.05) is 0 Å². The van der Waals surface area contributed by atoms with Crippen LogP contribution in [0.25, 0.3) is 0 Å². The number of hydrogen-bond acceptors (Lipinski definition) is 6. The number of unbranched alkanes of at least 4 members (excludes halogenated alkanes) is 48. The van der Waals surface area contributed by atoms with Gasteiger partial charge in [0.05, 0.1) is 0 Å². The highest BCUT2D eigenvalue weighted by atomic mass is 16.6. The maximum Gasteiger partial charge on any atom is 0.306 e.